The molecule has 11 heteroatoms. The first-order valence-corrected chi connectivity index (χ1v) is 12.8. The number of nitrogens with zero attached hydrogens (tertiary/aromatic N) is 3. The molecule has 0 fully saturated rings. The average molecular weight is 516 g/mol. The highest BCUT2D eigenvalue weighted by atomic mass is 35.5. The summed E-state index contributed by atoms with van der Waals surface area (Å²) in [6.07, 6.45) is 3.52. The Labute approximate surface area is 212 Å². The lowest BCUT2D eigenvalue weighted by Crippen LogP contribution is -2.29. The minimum absolute atomic E-state index is 0.144. The van der Waals surface area contributed by atoms with Gasteiger partial charge in [-0.1, -0.05) is 35.9 Å². The van der Waals surface area contributed by atoms with Crippen LogP contribution in [0.15, 0.2) is 48.7 Å². The highest BCUT2D eigenvalue weighted by Crippen LogP contribution is 2.28. The Morgan fingerprint density at radius 2 is 1.94 bits per heavy atom. The summed E-state index contributed by atoms with van der Waals surface area (Å²) < 4.78 is 29.4. The van der Waals surface area contributed by atoms with Crippen LogP contribution in [-0.2, 0) is 35.4 Å². The van der Waals surface area contributed by atoms with E-state index in [0.29, 0.717) is 22.5 Å². The van der Waals surface area contributed by atoms with Crippen molar-refractivity contribution in [2.45, 2.75) is 19.4 Å². The monoisotopic (exact) mass is 515 g/mol. The maximum atomic E-state index is 10.9. The summed E-state index contributed by atoms with van der Waals surface area (Å²) in [5, 5.41) is 6.82. The van der Waals surface area contributed by atoms with Gasteiger partial charge >= 0.3 is 0 Å². The van der Waals surface area contributed by atoms with Gasteiger partial charge in [-0.2, -0.15) is 4.98 Å². The Kier molecular flexibility index (Phi) is 9.02. The Bertz CT molecular complexity index is 1180. The predicted molar refractivity (Wildman–Crippen MR) is 138 cm³/mol. The van der Waals surface area contributed by atoms with Crippen molar-refractivity contribution in [2.24, 2.45) is 0 Å². The van der Waals surface area contributed by atoms with E-state index < -0.39 is 11.3 Å². The van der Waals surface area contributed by atoms with E-state index in [-0.39, 0.29) is 6.54 Å². The number of nitrogens with one attached hydrogen (secondary N) is 3. The van der Waals surface area contributed by atoms with Crippen molar-refractivity contribution in [3.05, 3.63) is 70.4 Å². The van der Waals surface area contributed by atoms with E-state index in [1.165, 1.54) is 17.3 Å². The first kappa shape index (κ1) is 25.5. The lowest BCUT2D eigenvalue weighted by atomic mass is 10.0. The van der Waals surface area contributed by atoms with Crippen LogP contribution in [0.3, 0.4) is 0 Å². The van der Waals surface area contributed by atoms with Gasteiger partial charge in [-0.3, -0.25) is 4.21 Å². The van der Waals surface area contributed by atoms with E-state index in [0.717, 1.165) is 50.3 Å². The molecule has 0 saturated heterocycles. The zero-order valence-electron chi connectivity index (χ0n) is 19.4. The molecule has 0 amide bonds. The fourth-order valence-electron chi connectivity index (χ4n) is 4.00. The molecule has 3 aromatic rings. The van der Waals surface area contributed by atoms with Crippen LogP contribution in [0, 0.1) is 0 Å². The first-order chi connectivity index (χ1) is 17.0. The number of rotatable bonds is 10. The zero-order valence-corrected chi connectivity index (χ0v) is 21.0. The van der Waals surface area contributed by atoms with Gasteiger partial charge in [0.2, 0.25) is 5.95 Å². The van der Waals surface area contributed by atoms with Crippen molar-refractivity contribution in [3.8, 4) is 0 Å². The van der Waals surface area contributed by atoms with E-state index in [1.54, 1.807) is 7.11 Å². The van der Waals surface area contributed by atoms with Gasteiger partial charge in [0.1, 0.15) is 5.02 Å². The summed E-state index contributed by atoms with van der Waals surface area (Å²) in [5.41, 5.74) is 5.04. The van der Waals surface area contributed by atoms with Crippen LogP contribution in [0.2, 0.25) is 5.02 Å². The van der Waals surface area contributed by atoms with Crippen LogP contribution >= 0.6 is 11.6 Å². The molecule has 0 saturated carbocycles. The summed E-state index contributed by atoms with van der Waals surface area (Å²) in [6, 6.07) is 13.7. The number of halogens is 1. The molecule has 3 N–H and O–H groups in total. The van der Waals surface area contributed by atoms with Crippen LogP contribution in [-0.4, -0.2) is 57.0 Å². The molecular weight excluding hydrogens is 488 g/mol. The molecule has 2 heterocycles. The number of fused-ring (bicyclic) bond motifs is 1. The molecule has 1 atom stereocenters. The smallest absolute Gasteiger partial charge is 0.229 e. The summed E-state index contributed by atoms with van der Waals surface area (Å²) in [5.74, 6) is 0.826. The fourth-order valence-corrected chi connectivity index (χ4v) is 4.41. The first-order valence-electron chi connectivity index (χ1n) is 11.3. The quantitative estimate of drug-likeness (QED) is 0.351. The molecule has 0 bridgehead atoms. The maximum Gasteiger partial charge on any atom is 0.229 e. The molecule has 2 aromatic carbocycles. The topological polar surface area (TPSA) is 114 Å². The Balaban J connectivity index is 1.47. The second kappa shape index (κ2) is 12.4. The summed E-state index contributed by atoms with van der Waals surface area (Å²) in [7, 11) is 1.73. The second-order valence-corrected chi connectivity index (χ2v) is 9.34. The van der Waals surface area contributed by atoms with Crippen LogP contribution in [0.1, 0.15) is 16.7 Å². The van der Waals surface area contributed by atoms with Gasteiger partial charge in [-0.05, 0) is 47.7 Å². The summed E-state index contributed by atoms with van der Waals surface area (Å²) >= 11 is 3.99. The number of benzene rings is 2. The predicted octanol–water partition coefficient (Wildman–Crippen LogP) is 3.55. The Morgan fingerprint density at radius 1 is 1.14 bits per heavy atom. The van der Waals surface area contributed by atoms with Crippen molar-refractivity contribution in [1.82, 2.24) is 19.6 Å². The molecule has 35 heavy (non-hydrogen) atoms. The number of para-hydroxylation sites is 1. The summed E-state index contributed by atoms with van der Waals surface area (Å²) in [4.78, 5) is 11.3. The summed E-state index contributed by atoms with van der Waals surface area (Å²) in [6.45, 7) is 3.86. The molecule has 1 unspecified atom stereocenters. The molecule has 0 aliphatic carbocycles. The number of hydrogen-bond acceptors (Lipinski definition) is 8. The van der Waals surface area contributed by atoms with Gasteiger partial charge in [-0.25, -0.2) is 9.71 Å². The molecule has 9 nitrogen and oxygen atoms in total. The number of ether oxygens (including phenoxy) is 1. The lowest BCUT2D eigenvalue weighted by Gasteiger charge is -2.18. The van der Waals surface area contributed by atoms with Crippen molar-refractivity contribution >= 4 is 46.0 Å². The van der Waals surface area contributed by atoms with E-state index in [1.807, 2.05) is 30.3 Å². The molecule has 1 aliphatic rings. The van der Waals surface area contributed by atoms with Crippen LogP contribution < -0.4 is 15.4 Å². The SMILES string of the molecule is COCCN1CCc2ccc(Nc3ncc(Cl)c(Nc4ccccc4CNS(=O)[O-])n3)cc2CC1. The number of hydrogen-bond donors (Lipinski definition) is 3. The third-order valence-electron chi connectivity index (χ3n) is 5.86. The molecular formula is C24H28ClN6O3S-. The Morgan fingerprint density at radius 3 is 2.74 bits per heavy atom. The average Bonchev–Trinajstić information content (AvgIpc) is 3.06. The highest BCUT2D eigenvalue weighted by molar-refractivity contribution is 7.77. The molecule has 0 spiro atoms. The van der Waals surface area contributed by atoms with E-state index in [9.17, 15) is 8.76 Å². The van der Waals surface area contributed by atoms with Crippen molar-refractivity contribution in [1.29, 1.82) is 0 Å². The van der Waals surface area contributed by atoms with E-state index in [4.69, 9.17) is 16.3 Å². The second-order valence-electron chi connectivity index (χ2n) is 8.17. The standard InChI is InChI=1S/C24H29ClN6O3S/c1-34-13-12-31-10-8-17-6-7-20(14-18(17)9-11-31)28-24-26-16-21(25)23(30-24)29-22-5-3-2-4-19(22)15-27-35(32)33/h2-7,14,16,27H,8-13,15H2,1H3,(H,32,33)(H2,26,28,29,30)/p-1. The normalized spacial score (nSPS) is 14.7. The van der Waals surface area contributed by atoms with Crippen LogP contribution in [0.5, 0.6) is 0 Å². The molecule has 1 aliphatic heterocycles. The molecule has 186 valence electrons. The van der Waals surface area contributed by atoms with Crippen molar-refractivity contribution in [2.75, 3.05) is 44.0 Å². The van der Waals surface area contributed by atoms with Crippen LogP contribution in [0.25, 0.3) is 0 Å². The van der Waals surface area contributed by atoms with Gasteiger partial charge in [-0.15, -0.1) is 0 Å². The molecule has 0 radical (unpaired) electrons. The van der Waals surface area contributed by atoms with E-state index in [2.05, 4.69) is 42.4 Å². The highest BCUT2D eigenvalue weighted by Gasteiger charge is 2.15. The van der Waals surface area contributed by atoms with Gasteiger partial charge in [0.05, 0.1) is 12.8 Å². The largest absolute Gasteiger partial charge is 0.760 e. The van der Waals surface area contributed by atoms with Crippen molar-refractivity contribution in [3.63, 3.8) is 0 Å². The van der Waals surface area contributed by atoms with Gasteiger partial charge in [0, 0.05) is 55.9 Å². The number of anilines is 4. The zero-order chi connectivity index (χ0) is 24.6. The third kappa shape index (κ3) is 7.20. The van der Waals surface area contributed by atoms with E-state index >= 15 is 0 Å². The molecule has 1 aromatic heterocycles. The van der Waals surface area contributed by atoms with Gasteiger partial charge in [0.25, 0.3) is 0 Å². The molecule has 4 rings (SSSR count). The lowest BCUT2D eigenvalue weighted by molar-refractivity contribution is 0.150. The number of aromatic nitrogens is 2. The van der Waals surface area contributed by atoms with Gasteiger partial charge in [0.15, 0.2) is 5.82 Å². The minimum atomic E-state index is -2.36. The minimum Gasteiger partial charge on any atom is -0.760 e. The third-order valence-corrected chi connectivity index (χ3v) is 6.52. The Hall–Kier alpha value is -2.60. The fraction of sp³-hybridized carbons (Fsp3) is 0.333. The van der Waals surface area contributed by atoms with Crippen LogP contribution in [0.4, 0.5) is 23.1 Å². The maximum absolute atomic E-state index is 10.9. The van der Waals surface area contributed by atoms with Crippen molar-refractivity contribution < 1.29 is 13.5 Å². The number of methoxy groups -OCH3 is 1. The van der Waals surface area contributed by atoms with Gasteiger partial charge < -0.3 is 24.8 Å².